The van der Waals surface area contributed by atoms with Crippen LogP contribution >= 0.6 is 23.2 Å². The Morgan fingerprint density at radius 1 is 1.24 bits per heavy atom. The Kier molecular flexibility index (Phi) is 6.13. The van der Waals surface area contributed by atoms with Gasteiger partial charge >= 0.3 is 0 Å². The van der Waals surface area contributed by atoms with Crippen molar-refractivity contribution >= 4 is 40.3 Å². The highest BCUT2D eigenvalue weighted by Gasteiger charge is 2.25. The number of carbonyl (C=O) groups is 1. The summed E-state index contributed by atoms with van der Waals surface area (Å²) in [5, 5.41) is 9.08. The highest BCUT2D eigenvalue weighted by atomic mass is 35.5. The predicted molar refractivity (Wildman–Crippen MR) is 108 cm³/mol. The summed E-state index contributed by atoms with van der Waals surface area (Å²) < 4.78 is 5.73. The van der Waals surface area contributed by atoms with Crippen LogP contribution in [0, 0.1) is 0 Å². The van der Waals surface area contributed by atoms with Crippen LogP contribution in [0.4, 0.5) is 0 Å². The smallest absolute Gasteiger partial charge is 0.223 e. The standard InChI is InChI=1S/C19H19Cl2N5O3/c20-15-3-1-4-16(21)14(15)6-7-18(27)25-9-10-28-13(11-25)12-29-26-19-17(23-24-26)5-2-8-22-19/h1-5,8,13H,6-7,9-12H2. The number of hydrogen-bond acceptors (Lipinski definition) is 6. The van der Waals surface area contributed by atoms with Crippen LogP contribution in [0.3, 0.4) is 0 Å². The zero-order valence-corrected chi connectivity index (χ0v) is 17.0. The normalized spacial score (nSPS) is 16.9. The molecule has 1 atom stereocenters. The molecule has 1 aliphatic rings. The van der Waals surface area contributed by atoms with E-state index in [1.807, 2.05) is 0 Å². The van der Waals surface area contributed by atoms with Gasteiger partial charge in [-0.1, -0.05) is 34.1 Å². The Morgan fingerprint density at radius 2 is 2.07 bits per heavy atom. The second-order valence-electron chi connectivity index (χ2n) is 6.64. The van der Waals surface area contributed by atoms with Crippen LogP contribution in [-0.4, -0.2) is 63.4 Å². The molecule has 0 spiro atoms. The molecule has 10 heteroatoms. The first-order valence-corrected chi connectivity index (χ1v) is 9.99. The molecule has 1 amide bonds. The Labute approximate surface area is 177 Å². The summed E-state index contributed by atoms with van der Waals surface area (Å²) in [6.45, 7) is 1.66. The zero-order chi connectivity index (χ0) is 20.2. The molecule has 3 aromatic rings. The largest absolute Gasteiger partial charge is 0.391 e. The van der Waals surface area contributed by atoms with Crippen molar-refractivity contribution in [3.05, 3.63) is 52.1 Å². The minimum atomic E-state index is -0.264. The first kappa shape index (κ1) is 19.9. The number of fused-ring (bicyclic) bond motifs is 1. The number of ether oxygens (including phenoxy) is 1. The third-order valence-corrected chi connectivity index (χ3v) is 5.41. The second kappa shape index (κ2) is 8.94. The molecule has 8 nitrogen and oxygen atoms in total. The molecular weight excluding hydrogens is 417 g/mol. The topological polar surface area (TPSA) is 82.4 Å². The van der Waals surface area contributed by atoms with E-state index in [1.165, 1.54) is 4.85 Å². The van der Waals surface area contributed by atoms with E-state index in [0.717, 1.165) is 5.56 Å². The predicted octanol–water partition coefficient (Wildman–Crippen LogP) is 2.42. The van der Waals surface area contributed by atoms with Gasteiger partial charge in [0.2, 0.25) is 11.6 Å². The number of benzene rings is 1. The lowest BCUT2D eigenvalue weighted by atomic mass is 10.1. The minimum absolute atomic E-state index is 0.0298. The van der Waals surface area contributed by atoms with Crippen LogP contribution in [0.1, 0.15) is 12.0 Å². The lowest BCUT2D eigenvalue weighted by Gasteiger charge is -2.32. The summed E-state index contributed by atoms with van der Waals surface area (Å²) in [5.41, 5.74) is 1.97. The van der Waals surface area contributed by atoms with Crippen molar-refractivity contribution in [1.82, 2.24) is 25.0 Å². The summed E-state index contributed by atoms with van der Waals surface area (Å²) in [6, 6.07) is 8.93. The average Bonchev–Trinajstić information content (AvgIpc) is 3.15. The molecule has 1 aromatic carbocycles. The SMILES string of the molecule is O=C(CCc1c(Cl)cccc1Cl)N1CCOC(COn2nnc3cccnc32)C1. The molecule has 0 N–H and O–H groups in total. The van der Waals surface area contributed by atoms with Crippen molar-refractivity contribution in [2.45, 2.75) is 18.9 Å². The van der Waals surface area contributed by atoms with E-state index in [1.54, 1.807) is 41.4 Å². The third-order valence-electron chi connectivity index (χ3n) is 4.71. The van der Waals surface area contributed by atoms with Crippen molar-refractivity contribution in [2.75, 3.05) is 26.3 Å². The maximum absolute atomic E-state index is 12.7. The molecule has 0 bridgehead atoms. The fourth-order valence-electron chi connectivity index (χ4n) is 3.19. The quantitative estimate of drug-likeness (QED) is 0.591. The number of amides is 1. The van der Waals surface area contributed by atoms with Crippen molar-refractivity contribution in [3.63, 3.8) is 0 Å². The molecule has 1 unspecified atom stereocenters. The molecule has 1 saturated heterocycles. The minimum Gasteiger partial charge on any atom is -0.391 e. The van der Waals surface area contributed by atoms with Gasteiger partial charge in [0.15, 0.2) is 0 Å². The lowest BCUT2D eigenvalue weighted by molar-refractivity contribution is -0.141. The molecule has 152 valence electrons. The Morgan fingerprint density at radius 3 is 2.90 bits per heavy atom. The van der Waals surface area contributed by atoms with E-state index in [0.29, 0.717) is 53.7 Å². The first-order chi connectivity index (χ1) is 14.1. The molecular formula is C19H19Cl2N5O3. The number of carbonyl (C=O) groups excluding carboxylic acids is 1. The van der Waals surface area contributed by atoms with Gasteiger partial charge in [-0.15, -0.1) is 5.10 Å². The number of halogens is 2. The van der Waals surface area contributed by atoms with E-state index >= 15 is 0 Å². The Bertz CT molecular complexity index is 992. The lowest BCUT2D eigenvalue weighted by Crippen LogP contribution is -2.48. The summed E-state index contributed by atoms with van der Waals surface area (Å²) in [5.74, 6) is 0.0298. The van der Waals surface area contributed by atoms with Crippen molar-refractivity contribution in [3.8, 4) is 0 Å². The van der Waals surface area contributed by atoms with Crippen molar-refractivity contribution in [2.24, 2.45) is 0 Å². The molecule has 1 fully saturated rings. The molecule has 0 saturated carbocycles. The number of rotatable bonds is 6. The van der Waals surface area contributed by atoms with Gasteiger partial charge in [-0.3, -0.25) is 4.79 Å². The van der Waals surface area contributed by atoms with E-state index < -0.39 is 0 Å². The molecule has 2 aromatic heterocycles. The Balaban J connectivity index is 1.31. The third kappa shape index (κ3) is 4.60. The molecule has 4 rings (SSSR count). The van der Waals surface area contributed by atoms with Gasteiger partial charge < -0.3 is 14.5 Å². The maximum Gasteiger partial charge on any atom is 0.223 e. The van der Waals surface area contributed by atoms with E-state index in [-0.39, 0.29) is 18.6 Å². The molecule has 3 heterocycles. The van der Waals surface area contributed by atoms with Crippen molar-refractivity contribution < 1.29 is 14.4 Å². The van der Waals surface area contributed by atoms with Crippen molar-refractivity contribution in [1.29, 1.82) is 0 Å². The van der Waals surface area contributed by atoms with Gasteiger partial charge in [0.05, 0.1) is 13.2 Å². The van der Waals surface area contributed by atoms with Gasteiger partial charge in [-0.05, 0) is 41.5 Å². The van der Waals surface area contributed by atoms with E-state index in [4.69, 9.17) is 32.8 Å². The monoisotopic (exact) mass is 435 g/mol. The molecule has 29 heavy (non-hydrogen) atoms. The second-order valence-corrected chi connectivity index (χ2v) is 7.45. The van der Waals surface area contributed by atoms with Crippen LogP contribution in [0.25, 0.3) is 11.2 Å². The number of hydrogen-bond donors (Lipinski definition) is 0. The zero-order valence-electron chi connectivity index (χ0n) is 15.5. The first-order valence-electron chi connectivity index (χ1n) is 9.24. The van der Waals surface area contributed by atoms with Crippen LogP contribution < -0.4 is 4.84 Å². The van der Waals surface area contributed by atoms with Crippen LogP contribution in [-0.2, 0) is 16.0 Å². The van der Waals surface area contributed by atoms with E-state index in [9.17, 15) is 4.79 Å². The Hall–Kier alpha value is -2.42. The number of aromatic nitrogens is 4. The number of morpholine rings is 1. The van der Waals surface area contributed by atoms with Gasteiger partial charge in [-0.25, -0.2) is 4.98 Å². The maximum atomic E-state index is 12.7. The molecule has 0 radical (unpaired) electrons. The summed E-state index contributed by atoms with van der Waals surface area (Å²) in [6.07, 6.45) is 2.20. The average molecular weight is 436 g/mol. The van der Waals surface area contributed by atoms with Crippen LogP contribution in [0.15, 0.2) is 36.5 Å². The number of pyridine rings is 1. The highest BCUT2D eigenvalue weighted by Crippen LogP contribution is 2.25. The van der Waals surface area contributed by atoms with Crippen LogP contribution in [0.2, 0.25) is 10.0 Å². The summed E-state index contributed by atoms with van der Waals surface area (Å²) >= 11 is 12.4. The molecule has 0 aliphatic carbocycles. The molecule has 1 aliphatic heterocycles. The fourth-order valence-corrected chi connectivity index (χ4v) is 3.78. The summed E-state index contributed by atoms with van der Waals surface area (Å²) in [4.78, 5) is 25.6. The van der Waals surface area contributed by atoms with Gasteiger partial charge in [0.1, 0.15) is 18.2 Å². The fraction of sp³-hybridized carbons (Fsp3) is 0.368. The number of nitrogens with zero attached hydrogens (tertiary/aromatic N) is 5. The summed E-state index contributed by atoms with van der Waals surface area (Å²) in [7, 11) is 0. The van der Waals surface area contributed by atoms with Gasteiger partial charge in [-0.2, -0.15) is 0 Å². The van der Waals surface area contributed by atoms with Gasteiger partial charge in [0.25, 0.3) is 0 Å². The van der Waals surface area contributed by atoms with Crippen LogP contribution in [0.5, 0.6) is 0 Å². The van der Waals surface area contributed by atoms with E-state index in [2.05, 4.69) is 15.3 Å². The van der Waals surface area contributed by atoms with Gasteiger partial charge in [0, 0.05) is 29.2 Å². The highest BCUT2D eigenvalue weighted by molar-refractivity contribution is 6.36.